The molecule has 1 amide bonds. The van der Waals surface area contributed by atoms with Crippen LogP contribution in [0.1, 0.15) is 42.1 Å². The Balaban J connectivity index is 1.65. The van der Waals surface area contributed by atoms with Gasteiger partial charge in [0, 0.05) is 51.4 Å². The average molecular weight is 500 g/mol. The number of nitrogens with one attached hydrogen (secondary N) is 2. The molecule has 0 atom stereocenters. The minimum atomic E-state index is -3.82. The molecule has 0 unspecified atom stereocenters. The Morgan fingerprint density at radius 2 is 1.66 bits per heavy atom. The van der Waals surface area contributed by atoms with Gasteiger partial charge >= 0.3 is 0 Å². The van der Waals surface area contributed by atoms with Gasteiger partial charge in [0.25, 0.3) is 15.9 Å². The summed E-state index contributed by atoms with van der Waals surface area (Å²) in [7, 11) is -1.75. The fourth-order valence-corrected chi connectivity index (χ4v) is 5.67. The molecular weight excluding hydrogens is 462 g/mol. The molecule has 0 bridgehead atoms. The van der Waals surface area contributed by atoms with Gasteiger partial charge in [0.2, 0.25) is 0 Å². The first kappa shape index (κ1) is 25.5. The summed E-state index contributed by atoms with van der Waals surface area (Å²) in [6.07, 6.45) is 0.924. The predicted octanol–water partition coefficient (Wildman–Crippen LogP) is 2.80. The summed E-state index contributed by atoms with van der Waals surface area (Å²) in [5.74, 6) is 0.259. The highest BCUT2D eigenvalue weighted by atomic mass is 32.2. The molecule has 0 aliphatic carbocycles. The van der Waals surface area contributed by atoms with Crippen LogP contribution in [0.15, 0.2) is 47.4 Å². The maximum absolute atomic E-state index is 13.3. The number of sulfonamides is 1. The number of benzene rings is 2. The van der Waals surface area contributed by atoms with E-state index < -0.39 is 10.0 Å². The Bertz CT molecular complexity index is 1130. The molecule has 2 aromatic rings. The molecular formula is C26H37N5O3S. The van der Waals surface area contributed by atoms with Gasteiger partial charge in [-0.05, 0) is 61.8 Å². The normalized spacial score (nSPS) is 17.9. The summed E-state index contributed by atoms with van der Waals surface area (Å²) < 4.78 is 29.5. The molecule has 2 aromatic carbocycles. The number of amides is 1. The highest BCUT2D eigenvalue weighted by Crippen LogP contribution is 2.31. The van der Waals surface area contributed by atoms with Crippen molar-refractivity contribution in [1.82, 2.24) is 15.1 Å². The quantitative estimate of drug-likeness (QED) is 0.636. The Kier molecular flexibility index (Phi) is 7.98. The van der Waals surface area contributed by atoms with Crippen LogP contribution in [-0.2, 0) is 10.0 Å². The SMILES string of the molecule is CC(C)c1ccc(S(=O)(=O)Nc2cc(C(=O)N3CCCN(C)CC3)ccc2N2CCNCC2)cc1. The molecule has 35 heavy (non-hydrogen) atoms. The fraction of sp³-hybridized carbons (Fsp3) is 0.500. The molecule has 190 valence electrons. The molecule has 2 N–H and O–H groups in total. The number of rotatable bonds is 6. The molecule has 0 radical (unpaired) electrons. The lowest BCUT2D eigenvalue weighted by Gasteiger charge is -2.31. The number of likely N-dealkylation sites (N-methyl/N-ethyl adjacent to an activating group) is 1. The molecule has 9 heteroatoms. The van der Waals surface area contributed by atoms with E-state index in [4.69, 9.17) is 0 Å². The maximum Gasteiger partial charge on any atom is 0.261 e. The standard InChI is InChI=1S/C26H37N5O3S/c1-20(2)21-5-8-23(9-6-21)35(33,34)28-24-19-22(7-10-25(24)30-15-11-27-12-16-30)26(32)31-14-4-13-29(3)17-18-31/h5-10,19-20,27-28H,4,11-18H2,1-3H3. The summed E-state index contributed by atoms with van der Waals surface area (Å²) in [6.45, 7) is 10.5. The molecule has 0 saturated carbocycles. The molecule has 2 heterocycles. The summed E-state index contributed by atoms with van der Waals surface area (Å²) in [6, 6.07) is 12.4. The van der Waals surface area contributed by atoms with Crippen LogP contribution < -0.4 is 14.9 Å². The van der Waals surface area contributed by atoms with E-state index in [-0.39, 0.29) is 10.8 Å². The second kappa shape index (κ2) is 11.0. The highest BCUT2D eigenvalue weighted by molar-refractivity contribution is 7.92. The van der Waals surface area contributed by atoms with Crippen molar-refractivity contribution in [3.05, 3.63) is 53.6 Å². The van der Waals surface area contributed by atoms with E-state index in [1.54, 1.807) is 18.2 Å². The van der Waals surface area contributed by atoms with Crippen LogP contribution >= 0.6 is 0 Å². The lowest BCUT2D eigenvalue weighted by molar-refractivity contribution is 0.0763. The van der Waals surface area contributed by atoms with Gasteiger partial charge in [0.15, 0.2) is 0 Å². The fourth-order valence-electron chi connectivity index (χ4n) is 4.60. The van der Waals surface area contributed by atoms with Gasteiger partial charge in [0.05, 0.1) is 16.3 Å². The number of nitrogens with zero attached hydrogens (tertiary/aromatic N) is 3. The van der Waals surface area contributed by atoms with Gasteiger partial charge in [-0.3, -0.25) is 9.52 Å². The number of hydrogen-bond donors (Lipinski definition) is 2. The largest absolute Gasteiger partial charge is 0.367 e. The number of carbonyl (C=O) groups excluding carboxylic acids is 1. The van der Waals surface area contributed by atoms with Crippen molar-refractivity contribution in [2.24, 2.45) is 0 Å². The first-order chi connectivity index (χ1) is 16.7. The van der Waals surface area contributed by atoms with E-state index in [0.29, 0.717) is 30.3 Å². The third-order valence-electron chi connectivity index (χ3n) is 6.81. The van der Waals surface area contributed by atoms with Gasteiger partial charge in [-0.2, -0.15) is 0 Å². The van der Waals surface area contributed by atoms with Crippen molar-refractivity contribution in [3.63, 3.8) is 0 Å². The Morgan fingerprint density at radius 1 is 0.943 bits per heavy atom. The minimum absolute atomic E-state index is 0.0612. The van der Waals surface area contributed by atoms with Crippen molar-refractivity contribution in [2.75, 3.05) is 69.0 Å². The second-order valence-corrected chi connectivity index (χ2v) is 11.4. The van der Waals surface area contributed by atoms with Gasteiger partial charge in [-0.25, -0.2) is 8.42 Å². The molecule has 2 aliphatic heterocycles. The molecule has 0 spiro atoms. The van der Waals surface area contributed by atoms with Crippen LogP contribution in [0.2, 0.25) is 0 Å². The first-order valence-corrected chi connectivity index (χ1v) is 13.9. The monoisotopic (exact) mass is 499 g/mol. The van der Waals surface area contributed by atoms with Crippen LogP contribution in [0, 0.1) is 0 Å². The zero-order valence-electron chi connectivity index (χ0n) is 21.0. The third kappa shape index (κ3) is 6.15. The van der Waals surface area contributed by atoms with Gasteiger partial charge < -0.3 is 20.0 Å². The van der Waals surface area contributed by atoms with E-state index in [9.17, 15) is 13.2 Å². The van der Waals surface area contributed by atoms with Crippen molar-refractivity contribution in [3.8, 4) is 0 Å². The summed E-state index contributed by atoms with van der Waals surface area (Å²) in [5.41, 5.74) is 2.82. The maximum atomic E-state index is 13.3. The molecule has 8 nitrogen and oxygen atoms in total. The van der Waals surface area contributed by atoms with Crippen molar-refractivity contribution >= 4 is 27.3 Å². The summed E-state index contributed by atoms with van der Waals surface area (Å²) >= 11 is 0. The number of piperazine rings is 1. The van der Waals surface area contributed by atoms with Gasteiger partial charge in [-0.15, -0.1) is 0 Å². The first-order valence-electron chi connectivity index (χ1n) is 12.4. The van der Waals surface area contributed by atoms with Crippen LogP contribution in [-0.4, -0.2) is 83.5 Å². The predicted molar refractivity (Wildman–Crippen MR) is 141 cm³/mol. The van der Waals surface area contributed by atoms with E-state index in [0.717, 1.165) is 56.9 Å². The smallest absolute Gasteiger partial charge is 0.261 e. The van der Waals surface area contributed by atoms with Crippen molar-refractivity contribution in [1.29, 1.82) is 0 Å². The lowest BCUT2D eigenvalue weighted by atomic mass is 10.0. The van der Waals surface area contributed by atoms with E-state index in [1.165, 1.54) is 0 Å². The summed E-state index contributed by atoms with van der Waals surface area (Å²) in [5, 5.41) is 3.33. The van der Waals surface area contributed by atoms with Gasteiger partial charge in [-0.1, -0.05) is 26.0 Å². The second-order valence-electron chi connectivity index (χ2n) is 9.75. The zero-order valence-corrected chi connectivity index (χ0v) is 21.8. The number of hydrogen-bond acceptors (Lipinski definition) is 6. The van der Waals surface area contributed by atoms with Crippen LogP contribution in [0.3, 0.4) is 0 Å². The molecule has 2 aliphatic rings. The van der Waals surface area contributed by atoms with Gasteiger partial charge in [0.1, 0.15) is 0 Å². The number of carbonyl (C=O) groups is 1. The lowest BCUT2D eigenvalue weighted by Crippen LogP contribution is -2.43. The summed E-state index contributed by atoms with van der Waals surface area (Å²) in [4.78, 5) is 19.8. The van der Waals surface area contributed by atoms with Crippen molar-refractivity contribution in [2.45, 2.75) is 31.1 Å². The Labute approximate surface area is 209 Å². The van der Waals surface area contributed by atoms with Crippen LogP contribution in [0.4, 0.5) is 11.4 Å². The van der Waals surface area contributed by atoms with Crippen molar-refractivity contribution < 1.29 is 13.2 Å². The minimum Gasteiger partial charge on any atom is -0.367 e. The van der Waals surface area contributed by atoms with Crippen LogP contribution in [0.5, 0.6) is 0 Å². The molecule has 2 fully saturated rings. The topological polar surface area (TPSA) is 85.0 Å². The third-order valence-corrected chi connectivity index (χ3v) is 8.19. The highest BCUT2D eigenvalue weighted by Gasteiger charge is 2.24. The average Bonchev–Trinajstić information content (AvgIpc) is 3.08. The molecule has 4 rings (SSSR count). The molecule has 0 aromatic heterocycles. The van der Waals surface area contributed by atoms with E-state index in [1.807, 2.05) is 29.2 Å². The van der Waals surface area contributed by atoms with E-state index >= 15 is 0 Å². The van der Waals surface area contributed by atoms with Crippen LogP contribution in [0.25, 0.3) is 0 Å². The molecule has 2 saturated heterocycles. The number of anilines is 2. The Hall–Kier alpha value is -2.62. The zero-order chi connectivity index (χ0) is 25.0. The Morgan fingerprint density at radius 3 is 2.34 bits per heavy atom. The van der Waals surface area contributed by atoms with E-state index in [2.05, 4.69) is 40.7 Å².